The average Bonchev–Trinajstić information content (AvgIpc) is 2.35. The molecule has 11 heavy (non-hydrogen) atoms. The number of halogens is 1. The van der Waals surface area contributed by atoms with Crippen LogP contribution in [0.5, 0.6) is 0 Å². The van der Waals surface area contributed by atoms with Gasteiger partial charge >= 0.3 is 0 Å². The molecule has 0 aliphatic rings. The minimum atomic E-state index is -0.0417. The monoisotopic (exact) mass is 265 g/mol. The molecule has 0 saturated carbocycles. The first-order valence-corrected chi connectivity index (χ1v) is 4.25. The third-order valence-electron chi connectivity index (χ3n) is 1.24. The predicted molar refractivity (Wildman–Crippen MR) is 49.3 cm³/mol. The lowest BCUT2D eigenvalue weighted by Crippen LogP contribution is -2.13. The van der Waals surface area contributed by atoms with E-state index in [-0.39, 0.29) is 5.91 Å². The molecule has 1 aromatic heterocycles. The second kappa shape index (κ2) is 3.75. The Morgan fingerprint density at radius 1 is 1.73 bits per heavy atom. The van der Waals surface area contributed by atoms with E-state index < -0.39 is 0 Å². The molecule has 0 saturated heterocycles. The normalized spacial score (nSPS) is 9.64. The molecule has 0 bridgehead atoms. The molecule has 60 valence electrons. The summed E-state index contributed by atoms with van der Waals surface area (Å²) in [5, 5.41) is 0. The van der Waals surface area contributed by atoms with E-state index >= 15 is 0 Å². The van der Waals surface area contributed by atoms with Gasteiger partial charge in [0.25, 0.3) is 0 Å². The van der Waals surface area contributed by atoms with Crippen LogP contribution in [-0.2, 0) is 11.2 Å². The van der Waals surface area contributed by atoms with Gasteiger partial charge in [0.1, 0.15) is 11.5 Å². The van der Waals surface area contributed by atoms with Gasteiger partial charge in [0.05, 0.1) is 29.3 Å². The highest BCUT2D eigenvalue weighted by Crippen LogP contribution is 2.06. The molecule has 0 aliphatic carbocycles. The number of furan rings is 1. The van der Waals surface area contributed by atoms with Crippen molar-refractivity contribution in [3.05, 3.63) is 23.7 Å². The summed E-state index contributed by atoms with van der Waals surface area (Å²) in [6, 6.07) is 3.65. The fourth-order valence-corrected chi connectivity index (χ4v) is 0.962. The maximum Gasteiger partial charge on any atom is 0.236 e. The smallest absolute Gasteiger partial charge is 0.236 e. The number of nitrogens with one attached hydrogen (secondary N) is 1. The Kier molecular flexibility index (Phi) is 2.92. The van der Waals surface area contributed by atoms with Crippen LogP contribution in [0.15, 0.2) is 16.5 Å². The number of amides is 1. The fourth-order valence-electron chi connectivity index (χ4n) is 0.772. The lowest BCUT2D eigenvalue weighted by molar-refractivity contribution is -0.118. The molecule has 1 rings (SSSR count). The molecule has 0 unspecified atom stereocenters. The number of rotatable bonds is 2. The number of hydrogen-bond acceptors (Lipinski definition) is 2. The van der Waals surface area contributed by atoms with Crippen molar-refractivity contribution in [2.45, 2.75) is 13.3 Å². The van der Waals surface area contributed by atoms with Gasteiger partial charge in [-0.05, 0) is 19.1 Å². The largest absolute Gasteiger partial charge is 0.466 e. The van der Waals surface area contributed by atoms with E-state index in [9.17, 15) is 4.79 Å². The van der Waals surface area contributed by atoms with Crippen LogP contribution in [0.4, 0.5) is 0 Å². The molecule has 1 amide bonds. The summed E-state index contributed by atoms with van der Waals surface area (Å²) in [4.78, 5) is 10.8. The minimum Gasteiger partial charge on any atom is -0.466 e. The van der Waals surface area contributed by atoms with E-state index in [1.165, 1.54) is 0 Å². The van der Waals surface area contributed by atoms with Crippen LogP contribution in [0.3, 0.4) is 0 Å². The maximum absolute atomic E-state index is 10.8. The van der Waals surface area contributed by atoms with E-state index in [0.717, 1.165) is 5.76 Å². The zero-order valence-electron chi connectivity index (χ0n) is 6.06. The summed E-state index contributed by atoms with van der Waals surface area (Å²) in [5.74, 6) is 1.50. The first-order valence-electron chi connectivity index (χ1n) is 3.17. The molecule has 3 nitrogen and oxygen atoms in total. The van der Waals surface area contributed by atoms with Gasteiger partial charge in [-0.1, -0.05) is 0 Å². The van der Waals surface area contributed by atoms with Crippen LogP contribution in [0, 0.1) is 6.92 Å². The van der Waals surface area contributed by atoms with Gasteiger partial charge < -0.3 is 4.42 Å². The molecule has 0 atom stereocenters. The van der Waals surface area contributed by atoms with Crippen LogP contribution in [0.1, 0.15) is 11.5 Å². The number of carbonyl (C=O) groups excluding carboxylic acids is 1. The molecule has 4 heteroatoms. The predicted octanol–water partition coefficient (Wildman–Crippen LogP) is 1.60. The number of aryl methyl sites for hydroxylation is 1. The highest BCUT2D eigenvalue weighted by atomic mass is 127. The van der Waals surface area contributed by atoms with Crippen LogP contribution < -0.4 is 3.53 Å². The second-order valence-electron chi connectivity index (χ2n) is 2.21. The highest BCUT2D eigenvalue weighted by molar-refractivity contribution is 14.1. The maximum atomic E-state index is 10.8. The fraction of sp³-hybridized carbons (Fsp3) is 0.286. The van der Waals surface area contributed by atoms with Crippen LogP contribution in [0.25, 0.3) is 0 Å². The Labute approximate surface area is 78.7 Å². The molecule has 0 spiro atoms. The van der Waals surface area contributed by atoms with Gasteiger partial charge in [-0.25, -0.2) is 0 Å². The van der Waals surface area contributed by atoms with Gasteiger partial charge in [0.15, 0.2) is 0 Å². The zero-order chi connectivity index (χ0) is 8.27. The van der Waals surface area contributed by atoms with E-state index in [1.807, 2.05) is 13.0 Å². The SMILES string of the molecule is Cc1ccc(CC(=O)NI)o1. The molecule has 1 N–H and O–H groups in total. The highest BCUT2D eigenvalue weighted by Gasteiger charge is 2.03. The lowest BCUT2D eigenvalue weighted by Gasteiger charge is -1.92. The van der Waals surface area contributed by atoms with E-state index in [4.69, 9.17) is 4.42 Å². The molecule has 0 radical (unpaired) electrons. The molecular formula is C7H8INO2. The lowest BCUT2D eigenvalue weighted by atomic mass is 10.3. The molecule has 1 heterocycles. The van der Waals surface area contributed by atoms with Gasteiger partial charge in [-0.15, -0.1) is 0 Å². The van der Waals surface area contributed by atoms with Crippen molar-refractivity contribution in [1.82, 2.24) is 3.53 Å². The Hall–Kier alpha value is -0.520. The molecule has 0 aliphatic heterocycles. The number of carbonyl (C=O) groups is 1. The van der Waals surface area contributed by atoms with Crippen molar-refractivity contribution in [2.75, 3.05) is 0 Å². The van der Waals surface area contributed by atoms with Crippen molar-refractivity contribution in [2.24, 2.45) is 0 Å². The topological polar surface area (TPSA) is 42.2 Å². The van der Waals surface area contributed by atoms with Gasteiger partial charge in [0.2, 0.25) is 5.91 Å². The molecule has 1 aromatic rings. The van der Waals surface area contributed by atoms with Crippen LogP contribution in [0.2, 0.25) is 0 Å². The van der Waals surface area contributed by atoms with E-state index in [1.54, 1.807) is 28.9 Å². The third kappa shape index (κ3) is 2.53. The molecule has 0 fully saturated rings. The van der Waals surface area contributed by atoms with E-state index in [0.29, 0.717) is 12.2 Å². The average molecular weight is 265 g/mol. The van der Waals surface area contributed by atoms with Crippen molar-refractivity contribution in [1.29, 1.82) is 0 Å². The summed E-state index contributed by atoms with van der Waals surface area (Å²) < 4.78 is 7.69. The van der Waals surface area contributed by atoms with Crippen molar-refractivity contribution < 1.29 is 9.21 Å². The first kappa shape index (κ1) is 8.58. The first-order chi connectivity index (χ1) is 5.22. The molecule has 0 aromatic carbocycles. The van der Waals surface area contributed by atoms with Crippen molar-refractivity contribution in [3.8, 4) is 0 Å². The quantitative estimate of drug-likeness (QED) is 0.651. The summed E-state index contributed by atoms with van der Waals surface area (Å²) in [5.41, 5.74) is 0. The summed E-state index contributed by atoms with van der Waals surface area (Å²) in [7, 11) is 0. The van der Waals surface area contributed by atoms with E-state index in [2.05, 4.69) is 3.53 Å². The minimum absolute atomic E-state index is 0.0417. The van der Waals surface area contributed by atoms with Gasteiger partial charge in [-0.2, -0.15) is 0 Å². The van der Waals surface area contributed by atoms with Crippen LogP contribution >= 0.6 is 22.9 Å². The number of hydrogen-bond donors (Lipinski definition) is 1. The Bertz CT molecular complexity index is 257. The van der Waals surface area contributed by atoms with Gasteiger partial charge in [-0.3, -0.25) is 8.32 Å². The standard InChI is InChI=1S/C7H8INO2/c1-5-2-3-6(11-5)4-7(10)9-8/h2-3H,4H2,1H3,(H,9,10). The zero-order valence-corrected chi connectivity index (χ0v) is 8.21. The Morgan fingerprint density at radius 3 is 2.91 bits per heavy atom. The summed E-state index contributed by atoms with van der Waals surface area (Å²) >= 11 is 1.81. The van der Waals surface area contributed by atoms with Crippen molar-refractivity contribution in [3.63, 3.8) is 0 Å². The summed E-state index contributed by atoms with van der Waals surface area (Å²) in [6.45, 7) is 1.85. The Balaban J connectivity index is 2.57. The second-order valence-corrected chi connectivity index (χ2v) is 2.75. The van der Waals surface area contributed by atoms with Crippen LogP contribution in [-0.4, -0.2) is 5.91 Å². The summed E-state index contributed by atoms with van der Waals surface area (Å²) in [6.07, 6.45) is 0.316. The van der Waals surface area contributed by atoms with Crippen molar-refractivity contribution >= 4 is 28.8 Å². The molecular weight excluding hydrogens is 257 g/mol. The third-order valence-corrected chi connectivity index (χ3v) is 1.84. The Morgan fingerprint density at radius 2 is 2.45 bits per heavy atom. The van der Waals surface area contributed by atoms with Gasteiger partial charge in [0, 0.05) is 0 Å².